The number of rotatable bonds is 2. The minimum Gasteiger partial charge on any atom is -0.399 e. The van der Waals surface area contributed by atoms with E-state index in [1.165, 1.54) is 6.07 Å². The van der Waals surface area contributed by atoms with Crippen LogP contribution in [0.25, 0.3) is 0 Å². The molecule has 0 aliphatic carbocycles. The Morgan fingerprint density at radius 3 is 2.69 bits per heavy atom. The smallest absolute Gasteiger partial charge is 0.179 e. The Bertz CT molecular complexity index is 354. The van der Waals surface area contributed by atoms with Gasteiger partial charge in [0, 0.05) is 15.7 Å². The minimum atomic E-state index is -0.236. The van der Waals surface area contributed by atoms with Crippen molar-refractivity contribution in [2.45, 2.75) is 0 Å². The maximum atomic E-state index is 11.2. The van der Waals surface area contributed by atoms with Crippen LogP contribution in [0.5, 0.6) is 0 Å². The van der Waals surface area contributed by atoms with E-state index in [0.717, 1.165) is 0 Å². The summed E-state index contributed by atoms with van der Waals surface area (Å²) in [5.41, 5.74) is 6.36. The molecule has 13 heavy (non-hydrogen) atoms. The first-order valence-electron chi connectivity index (χ1n) is 3.40. The first-order valence-corrected chi connectivity index (χ1v) is 5.10. The van der Waals surface area contributed by atoms with Crippen LogP contribution in [0.3, 0.4) is 0 Å². The van der Waals surface area contributed by atoms with Crippen molar-refractivity contribution in [3.8, 4) is 0 Å². The Morgan fingerprint density at radius 1 is 1.54 bits per heavy atom. The van der Waals surface area contributed by atoms with Crippen molar-refractivity contribution in [1.82, 2.24) is 0 Å². The lowest BCUT2D eigenvalue weighted by Gasteiger charge is -2.04. The van der Waals surface area contributed by atoms with Gasteiger partial charge in [0.15, 0.2) is 5.78 Å². The molecule has 0 saturated heterocycles. The molecule has 1 aromatic carbocycles. The zero-order chi connectivity index (χ0) is 10.0. The molecule has 0 bridgehead atoms. The third-order valence-electron chi connectivity index (χ3n) is 1.47. The summed E-state index contributed by atoms with van der Waals surface area (Å²) < 4.78 is 0.600. The summed E-state index contributed by atoms with van der Waals surface area (Å²) in [6.45, 7) is 0. The molecule has 0 aliphatic heterocycles. The van der Waals surface area contributed by atoms with Crippen LogP contribution in [0.15, 0.2) is 16.6 Å². The molecule has 0 saturated carbocycles. The SMILES string of the molecule is Nc1cc(Br)c(Cl)c(C(=O)CCl)c1. The summed E-state index contributed by atoms with van der Waals surface area (Å²) in [6, 6.07) is 3.14. The second-order valence-corrected chi connectivity index (χ2v) is 3.92. The zero-order valence-electron chi connectivity index (χ0n) is 6.48. The fourth-order valence-corrected chi connectivity index (χ4v) is 1.72. The maximum Gasteiger partial charge on any atom is 0.179 e. The van der Waals surface area contributed by atoms with E-state index in [1.807, 2.05) is 0 Å². The average molecular weight is 283 g/mol. The normalized spacial score (nSPS) is 10.1. The second-order valence-electron chi connectivity index (χ2n) is 2.42. The Hall–Kier alpha value is -0.250. The van der Waals surface area contributed by atoms with Gasteiger partial charge in [0.25, 0.3) is 0 Å². The summed E-state index contributed by atoms with van der Waals surface area (Å²) in [5.74, 6) is -0.338. The quantitative estimate of drug-likeness (QED) is 0.515. The number of carbonyl (C=O) groups is 1. The molecule has 0 radical (unpaired) electrons. The first kappa shape index (κ1) is 10.8. The van der Waals surface area contributed by atoms with E-state index >= 15 is 0 Å². The molecule has 70 valence electrons. The molecule has 0 aliphatic rings. The van der Waals surface area contributed by atoms with Crippen molar-refractivity contribution >= 4 is 50.6 Å². The van der Waals surface area contributed by atoms with Crippen LogP contribution in [0.4, 0.5) is 5.69 Å². The lowest BCUT2D eigenvalue weighted by Crippen LogP contribution is -2.02. The molecule has 0 unspecified atom stereocenters. The number of alkyl halides is 1. The molecule has 0 aromatic heterocycles. The molecule has 0 heterocycles. The van der Waals surface area contributed by atoms with Crippen LogP contribution < -0.4 is 5.73 Å². The number of anilines is 1. The molecule has 1 rings (SSSR count). The molecule has 5 heteroatoms. The van der Waals surface area contributed by atoms with Gasteiger partial charge in [-0.1, -0.05) is 11.6 Å². The van der Waals surface area contributed by atoms with Crippen LogP contribution >= 0.6 is 39.1 Å². The molecule has 1 aromatic rings. The van der Waals surface area contributed by atoms with Crippen molar-refractivity contribution in [2.24, 2.45) is 0 Å². The van der Waals surface area contributed by atoms with Crippen molar-refractivity contribution in [3.05, 3.63) is 27.2 Å². The molecule has 0 amide bonds. The third kappa shape index (κ3) is 2.36. The Morgan fingerprint density at radius 2 is 2.15 bits per heavy atom. The predicted molar refractivity (Wildman–Crippen MR) is 58.6 cm³/mol. The molecule has 0 atom stereocenters. The van der Waals surface area contributed by atoms with E-state index in [0.29, 0.717) is 20.7 Å². The number of ketones is 1. The molecule has 0 spiro atoms. The van der Waals surface area contributed by atoms with Crippen LogP contribution in [-0.4, -0.2) is 11.7 Å². The average Bonchev–Trinajstić information content (AvgIpc) is 2.10. The monoisotopic (exact) mass is 281 g/mol. The van der Waals surface area contributed by atoms with Gasteiger partial charge in [-0.2, -0.15) is 0 Å². The van der Waals surface area contributed by atoms with E-state index < -0.39 is 0 Å². The number of benzene rings is 1. The molecule has 2 N–H and O–H groups in total. The number of hydrogen-bond donors (Lipinski definition) is 1. The van der Waals surface area contributed by atoms with Crippen LogP contribution in [0.2, 0.25) is 5.02 Å². The van der Waals surface area contributed by atoms with E-state index in [-0.39, 0.29) is 11.7 Å². The topological polar surface area (TPSA) is 43.1 Å². The number of nitrogens with two attached hydrogens (primary N) is 1. The highest BCUT2D eigenvalue weighted by atomic mass is 79.9. The van der Waals surface area contributed by atoms with Gasteiger partial charge in [-0.25, -0.2) is 0 Å². The molecular weight excluding hydrogens is 277 g/mol. The Balaban J connectivity index is 3.28. The van der Waals surface area contributed by atoms with Crippen molar-refractivity contribution < 1.29 is 4.79 Å². The lowest BCUT2D eigenvalue weighted by molar-refractivity contribution is 0.102. The van der Waals surface area contributed by atoms with Gasteiger partial charge in [0.2, 0.25) is 0 Å². The molecule has 0 fully saturated rings. The third-order valence-corrected chi connectivity index (χ3v) is 2.98. The number of nitrogen functional groups attached to an aromatic ring is 1. The van der Waals surface area contributed by atoms with Crippen molar-refractivity contribution in [3.63, 3.8) is 0 Å². The lowest BCUT2D eigenvalue weighted by atomic mass is 10.1. The van der Waals surface area contributed by atoms with Gasteiger partial charge < -0.3 is 5.73 Å². The van der Waals surface area contributed by atoms with Crippen LogP contribution in [0.1, 0.15) is 10.4 Å². The standard InChI is InChI=1S/C8H6BrCl2NO/c9-6-2-4(12)1-5(8(6)11)7(13)3-10/h1-2H,3,12H2. The van der Waals surface area contributed by atoms with Gasteiger partial charge in [0.05, 0.1) is 10.9 Å². The highest BCUT2D eigenvalue weighted by Crippen LogP contribution is 2.29. The van der Waals surface area contributed by atoms with Gasteiger partial charge in [-0.3, -0.25) is 4.79 Å². The second kappa shape index (κ2) is 4.31. The first-order chi connectivity index (χ1) is 6.06. The number of carbonyl (C=O) groups excluding carboxylic acids is 1. The zero-order valence-corrected chi connectivity index (χ0v) is 9.58. The van der Waals surface area contributed by atoms with Crippen molar-refractivity contribution in [2.75, 3.05) is 11.6 Å². The van der Waals surface area contributed by atoms with Gasteiger partial charge in [0.1, 0.15) is 0 Å². The summed E-state index contributed by atoms with van der Waals surface area (Å²) in [4.78, 5) is 11.2. The Labute approximate surface area is 94.1 Å². The number of halogens is 3. The fraction of sp³-hybridized carbons (Fsp3) is 0.125. The van der Waals surface area contributed by atoms with E-state index in [9.17, 15) is 4.79 Å². The van der Waals surface area contributed by atoms with E-state index in [1.54, 1.807) is 6.07 Å². The summed E-state index contributed by atoms with van der Waals surface area (Å²) >= 11 is 14.4. The number of Topliss-reactive ketones (excluding diaryl/α,β-unsaturated/α-hetero) is 1. The van der Waals surface area contributed by atoms with Crippen LogP contribution in [0, 0.1) is 0 Å². The fourth-order valence-electron chi connectivity index (χ4n) is 0.885. The van der Waals surface area contributed by atoms with Crippen molar-refractivity contribution in [1.29, 1.82) is 0 Å². The van der Waals surface area contributed by atoms with E-state index in [4.69, 9.17) is 28.9 Å². The minimum absolute atomic E-state index is 0.102. The predicted octanol–water partition coefficient (Wildman–Crippen LogP) is 3.11. The van der Waals surface area contributed by atoms with Gasteiger partial charge in [-0.15, -0.1) is 11.6 Å². The van der Waals surface area contributed by atoms with E-state index in [2.05, 4.69) is 15.9 Å². The Kier molecular flexibility index (Phi) is 3.59. The van der Waals surface area contributed by atoms with Gasteiger partial charge in [-0.05, 0) is 28.1 Å². The number of hydrogen-bond acceptors (Lipinski definition) is 2. The summed E-state index contributed by atoms with van der Waals surface area (Å²) in [7, 11) is 0. The largest absolute Gasteiger partial charge is 0.399 e. The molecule has 2 nitrogen and oxygen atoms in total. The van der Waals surface area contributed by atoms with Gasteiger partial charge >= 0.3 is 0 Å². The maximum absolute atomic E-state index is 11.2. The van der Waals surface area contributed by atoms with Crippen LogP contribution in [-0.2, 0) is 0 Å². The molecular formula is C8H6BrCl2NO. The highest BCUT2D eigenvalue weighted by molar-refractivity contribution is 9.10. The summed E-state index contributed by atoms with van der Waals surface area (Å²) in [6.07, 6.45) is 0. The highest BCUT2D eigenvalue weighted by Gasteiger charge is 2.12. The summed E-state index contributed by atoms with van der Waals surface area (Å²) in [5, 5.41) is 0.347.